The van der Waals surface area contributed by atoms with Gasteiger partial charge < -0.3 is 15.3 Å². The highest BCUT2D eigenvalue weighted by molar-refractivity contribution is 6.02. The Labute approximate surface area is 165 Å². The number of phenols is 3. The van der Waals surface area contributed by atoms with Gasteiger partial charge in [-0.15, -0.1) is 0 Å². The van der Waals surface area contributed by atoms with E-state index < -0.39 is 5.75 Å². The van der Waals surface area contributed by atoms with Crippen molar-refractivity contribution in [2.75, 3.05) is 0 Å². The molecule has 0 aliphatic heterocycles. The van der Waals surface area contributed by atoms with Crippen molar-refractivity contribution in [1.29, 1.82) is 0 Å². The summed E-state index contributed by atoms with van der Waals surface area (Å²) >= 11 is 0. The first-order chi connectivity index (χ1) is 13.3. The van der Waals surface area contributed by atoms with Crippen LogP contribution in [0.15, 0.2) is 60.2 Å². The molecule has 2 aromatic carbocycles. The van der Waals surface area contributed by atoms with Crippen LogP contribution in [0.25, 0.3) is 0 Å². The average Bonchev–Trinajstić information content (AvgIpc) is 3.02. The molecule has 0 radical (unpaired) electrons. The van der Waals surface area contributed by atoms with Gasteiger partial charge in [-0.25, -0.2) is 0 Å². The van der Waals surface area contributed by atoms with Crippen LogP contribution in [0.5, 0.6) is 17.2 Å². The topological polar surface area (TPSA) is 77.8 Å². The number of aryl methyl sites for hydroxylation is 1. The third kappa shape index (κ3) is 3.81. The molecule has 0 saturated carbocycles. The van der Waals surface area contributed by atoms with Crippen LogP contribution in [0.3, 0.4) is 0 Å². The monoisotopic (exact) mass is 378 g/mol. The summed E-state index contributed by atoms with van der Waals surface area (Å²) in [6, 6.07) is 10.7. The zero-order valence-electron chi connectivity index (χ0n) is 16.3. The van der Waals surface area contributed by atoms with E-state index in [1.807, 2.05) is 50.3 Å². The fourth-order valence-corrected chi connectivity index (χ4v) is 4.02. The van der Waals surface area contributed by atoms with E-state index in [1.165, 1.54) is 0 Å². The molecule has 0 heterocycles. The lowest BCUT2D eigenvalue weighted by molar-refractivity contribution is 0.0977. The van der Waals surface area contributed by atoms with Gasteiger partial charge >= 0.3 is 0 Å². The van der Waals surface area contributed by atoms with Crippen molar-refractivity contribution in [3.63, 3.8) is 0 Å². The Kier molecular flexibility index (Phi) is 5.59. The largest absolute Gasteiger partial charge is 0.507 e. The molecule has 4 nitrogen and oxygen atoms in total. The predicted octanol–water partition coefficient (Wildman–Crippen LogP) is 5.24. The molecule has 0 fully saturated rings. The highest BCUT2D eigenvalue weighted by Gasteiger charge is 2.34. The van der Waals surface area contributed by atoms with E-state index in [0.717, 1.165) is 29.2 Å². The molecule has 2 atom stereocenters. The van der Waals surface area contributed by atoms with Gasteiger partial charge in [0.05, 0.1) is 0 Å². The summed E-state index contributed by atoms with van der Waals surface area (Å²) in [4.78, 5) is 12.8. The number of hydrogen-bond acceptors (Lipinski definition) is 4. The van der Waals surface area contributed by atoms with Gasteiger partial charge in [0.2, 0.25) is 0 Å². The van der Waals surface area contributed by atoms with E-state index in [-0.39, 0.29) is 46.7 Å². The first kappa shape index (κ1) is 19.7. The molecule has 0 unspecified atom stereocenters. The number of allylic oxidation sites excluding steroid dienone is 3. The van der Waals surface area contributed by atoms with Crippen molar-refractivity contribution in [2.24, 2.45) is 5.92 Å². The SMILES string of the molecule is C=C(C)[C@H]1CC(C)=C[C@@H]1c1c(O)cc(O)c(C(=O)CCc2ccccc2)c1O. The van der Waals surface area contributed by atoms with E-state index in [1.54, 1.807) is 0 Å². The van der Waals surface area contributed by atoms with Gasteiger partial charge in [0.15, 0.2) is 5.78 Å². The summed E-state index contributed by atoms with van der Waals surface area (Å²) in [6.07, 6.45) is 3.44. The maximum Gasteiger partial charge on any atom is 0.170 e. The van der Waals surface area contributed by atoms with Gasteiger partial charge in [0, 0.05) is 24.0 Å². The van der Waals surface area contributed by atoms with Crippen LogP contribution in [-0.4, -0.2) is 21.1 Å². The summed E-state index contributed by atoms with van der Waals surface area (Å²) in [6.45, 7) is 7.95. The maximum atomic E-state index is 12.8. The number of carbonyl (C=O) groups excluding carboxylic acids is 1. The number of phenolic OH excluding ortho intramolecular Hbond substituents is 3. The third-order valence-electron chi connectivity index (χ3n) is 5.47. The molecule has 0 saturated heterocycles. The van der Waals surface area contributed by atoms with E-state index in [9.17, 15) is 20.1 Å². The second kappa shape index (κ2) is 7.93. The molecular weight excluding hydrogens is 352 g/mol. The smallest absolute Gasteiger partial charge is 0.170 e. The number of ketones is 1. The molecule has 0 aromatic heterocycles. The predicted molar refractivity (Wildman–Crippen MR) is 110 cm³/mol. The fraction of sp³-hybridized carbons (Fsp3) is 0.292. The summed E-state index contributed by atoms with van der Waals surface area (Å²) < 4.78 is 0. The first-order valence-electron chi connectivity index (χ1n) is 9.47. The van der Waals surface area contributed by atoms with Crippen LogP contribution < -0.4 is 0 Å². The number of carbonyl (C=O) groups is 1. The van der Waals surface area contributed by atoms with Gasteiger partial charge in [-0.1, -0.05) is 54.1 Å². The van der Waals surface area contributed by atoms with Crippen LogP contribution in [0.4, 0.5) is 0 Å². The standard InChI is InChI=1S/C24H26O4/c1-14(2)17-11-15(3)12-18(17)22-20(26)13-21(27)23(24(22)28)19(25)10-9-16-7-5-4-6-8-16/h4-8,12-13,17-18,26-28H,1,9-11H2,2-3H3/t17-,18+/m1/s1. The summed E-state index contributed by atoms with van der Waals surface area (Å²) in [7, 11) is 0. The molecule has 146 valence electrons. The van der Waals surface area contributed by atoms with Gasteiger partial charge in [0.25, 0.3) is 0 Å². The lowest BCUT2D eigenvalue weighted by atomic mass is 9.82. The zero-order chi connectivity index (χ0) is 20.4. The Morgan fingerprint density at radius 3 is 2.46 bits per heavy atom. The number of benzene rings is 2. The molecule has 0 amide bonds. The normalized spacial score (nSPS) is 18.7. The van der Waals surface area contributed by atoms with Crippen LogP contribution in [0.2, 0.25) is 0 Å². The number of rotatable bonds is 6. The lowest BCUT2D eigenvalue weighted by Crippen LogP contribution is -2.10. The highest BCUT2D eigenvalue weighted by Crippen LogP contribution is 2.50. The minimum absolute atomic E-state index is 0.0358. The Bertz CT molecular complexity index is 941. The Morgan fingerprint density at radius 2 is 1.82 bits per heavy atom. The van der Waals surface area contributed by atoms with Crippen molar-refractivity contribution >= 4 is 5.78 Å². The minimum atomic E-state index is -0.401. The van der Waals surface area contributed by atoms with Crippen molar-refractivity contribution in [1.82, 2.24) is 0 Å². The molecule has 3 rings (SSSR count). The second-order valence-corrected chi connectivity index (χ2v) is 7.66. The Balaban J connectivity index is 1.96. The third-order valence-corrected chi connectivity index (χ3v) is 5.47. The highest BCUT2D eigenvalue weighted by atomic mass is 16.3. The quantitative estimate of drug-likeness (QED) is 0.474. The van der Waals surface area contributed by atoms with E-state index >= 15 is 0 Å². The Morgan fingerprint density at radius 1 is 1.14 bits per heavy atom. The zero-order valence-corrected chi connectivity index (χ0v) is 16.3. The average molecular weight is 378 g/mol. The van der Waals surface area contributed by atoms with Crippen LogP contribution in [0.1, 0.15) is 54.1 Å². The molecular formula is C24H26O4. The number of hydrogen-bond donors (Lipinski definition) is 3. The Hall–Kier alpha value is -3.01. The van der Waals surface area contributed by atoms with E-state index in [4.69, 9.17) is 0 Å². The van der Waals surface area contributed by atoms with Crippen LogP contribution in [0, 0.1) is 5.92 Å². The van der Waals surface area contributed by atoms with Gasteiger partial charge in [0.1, 0.15) is 22.8 Å². The van der Waals surface area contributed by atoms with Crippen LogP contribution >= 0.6 is 0 Å². The van der Waals surface area contributed by atoms with Crippen molar-refractivity contribution < 1.29 is 20.1 Å². The molecule has 0 spiro atoms. The first-order valence-corrected chi connectivity index (χ1v) is 9.47. The van der Waals surface area contributed by atoms with E-state index in [2.05, 4.69) is 6.58 Å². The molecule has 1 aliphatic rings. The molecule has 28 heavy (non-hydrogen) atoms. The molecule has 1 aliphatic carbocycles. The van der Waals surface area contributed by atoms with Crippen molar-refractivity contribution in [2.45, 2.75) is 39.0 Å². The summed E-state index contributed by atoms with van der Waals surface area (Å²) in [5.74, 6) is -1.55. The van der Waals surface area contributed by atoms with Crippen molar-refractivity contribution in [3.8, 4) is 17.2 Å². The van der Waals surface area contributed by atoms with Gasteiger partial charge in [-0.2, -0.15) is 0 Å². The maximum absolute atomic E-state index is 12.8. The minimum Gasteiger partial charge on any atom is -0.507 e. The summed E-state index contributed by atoms with van der Waals surface area (Å²) in [5, 5.41) is 31.6. The molecule has 3 N–H and O–H groups in total. The molecule has 0 bridgehead atoms. The number of Topliss-reactive ketones (excluding diaryl/α,β-unsaturated/α-hetero) is 1. The van der Waals surface area contributed by atoms with Crippen LogP contribution in [-0.2, 0) is 6.42 Å². The summed E-state index contributed by atoms with van der Waals surface area (Å²) in [5.41, 5.74) is 3.25. The lowest BCUT2D eigenvalue weighted by Gasteiger charge is -2.23. The second-order valence-electron chi connectivity index (χ2n) is 7.66. The molecule has 4 heteroatoms. The van der Waals surface area contributed by atoms with Gasteiger partial charge in [-0.3, -0.25) is 4.79 Å². The molecule has 2 aromatic rings. The van der Waals surface area contributed by atoms with E-state index in [0.29, 0.717) is 6.42 Å². The van der Waals surface area contributed by atoms with Crippen molar-refractivity contribution in [3.05, 3.63) is 76.9 Å². The number of aromatic hydroxyl groups is 3. The fourth-order valence-electron chi connectivity index (χ4n) is 4.02. The van der Waals surface area contributed by atoms with Gasteiger partial charge in [-0.05, 0) is 38.2 Å².